The van der Waals surface area contributed by atoms with E-state index in [4.69, 9.17) is 0 Å². The highest BCUT2D eigenvalue weighted by Gasteiger charge is 1.96. The Morgan fingerprint density at radius 1 is 0.455 bits per heavy atom. The second-order valence-electron chi connectivity index (χ2n) is 7.49. The molecule has 0 bridgehead atoms. The lowest BCUT2D eigenvalue weighted by molar-refractivity contribution is 0.531. The van der Waals surface area contributed by atoms with Gasteiger partial charge < -0.3 is 0 Å². The lowest BCUT2D eigenvalue weighted by Crippen LogP contribution is -1.97. The van der Waals surface area contributed by atoms with E-state index in [1.807, 2.05) is 0 Å². The van der Waals surface area contributed by atoms with Crippen LogP contribution in [0.25, 0.3) is 0 Å². The number of rotatable bonds is 17. The zero-order chi connectivity index (χ0) is 15.6. The zero-order valence-electron chi connectivity index (χ0n) is 16.0. The Morgan fingerprint density at radius 2 is 0.727 bits per heavy atom. The molecular formula is C20H45ClSi. The fourth-order valence-corrected chi connectivity index (χ4v) is 4.21. The van der Waals surface area contributed by atoms with Crippen molar-refractivity contribution in [2.75, 3.05) is 0 Å². The van der Waals surface area contributed by atoms with Gasteiger partial charge in [-0.25, -0.2) is 0 Å². The van der Waals surface area contributed by atoms with Crippen LogP contribution in [0.3, 0.4) is 0 Å². The molecule has 0 unspecified atom stereocenters. The fraction of sp³-hybridized carbons (Fsp3) is 1.00. The Hall–Kier alpha value is 0.507. The number of hydrogen-bond donors (Lipinski definition) is 0. The van der Waals surface area contributed by atoms with E-state index in [-0.39, 0.29) is 21.2 Å². The molecule has 22 heavy (non-hydrogen) atoms. The lowest BCUT2D eigenvalue weighted by Gasteiger charge is -2.04. The van der Waals surface area contributed by atoms with Gasteiger partial charge in [0.25, 0.3) is 0 Å². The van der Waals surface area contributed by atoms with Crippen LogP contribution < -0.4 is 0 Å². The van der Waals surface area contributed by atoms with Gasteiger partial charge in [-0.15, -0.1) is 12.4 Å². The highest BCUT2D eigenvalue weighted by atomic mass is 35.5. The van der Waals surface area contributed by atoms with Crippen molar-refractivity contribution >= 4 is 21.2 Å². The van der Waals surface area contributed by atoms with Crippen LogP contribution in [0.1, 0.15) is 110 Å². The first-order valence-electron chi connectivity index (χ1n) is 10.3. The summed E-state index contributed by atoms with van der Waals surface area (Å²) in [5.74, 6) is 0. The highest BCUT2D eigenvalue weighted by Crippen LogP contribution is 2.14. The van der Waals surface area contributed by atoms with Crippen LogP contribution in [-0.2, 0) is 0 Å². The average Bonchev–Trinajstić information content (AvgIpc) is 2.46. The molecule has 0 amide bonds. The first kappa shape index (κ1) is 24.8. The van der Waals surface area contributed by atoms with Gasteiger partial charge in [-0.2, -0.15) is 0 Å². The minimum absolute atomic E-state index is 0. The topological polar surface area (TPSA) is 0 Å². The summed E-state index contributed by atoms with van der Waals surface area (Å²) in [7, 11) is -0.263. The van der Waals surface area contributed by atoms with Crippen LogP contribution in [0.4, 0.5) is 0 Å². The molecule has 0 N–H and O–H groups in total. The van der Waals surface area contributed by atoms with Crippen molar-refractivity contribution in [2.45, 2.75) is 129 Å². The molecule has 0 rings (SSSR count). The summed E-state index contributed by atoms with van der Waals surface area (Å²) in [6.07, 6.45) is 23.7. The van der Waals surface area contributed by atoms with Gasteiger partial charge in [0.15, 0.2) is 0 Å². The Bertz CT molecular complexity index is 183. The third kappa shape index (κ3) is 22.8. The molecule has 0 saturated carbocycles. The van der Waals surface area contributed by atoms with E-state index in [1.165, 1.54) is 103 Å². The van der Waals surface area contributed by atoms with E-state index in [1.54, 1.807) is 6.04 Å². The van der Waals surface area contributed by atoms with Gasteiger partial charge in [0.2, 0.25) is 0 Å². The summed E-state index contributed by atoms with van der Waals surface area (Å²) in [4.78, 5) is 0. The molecule has 0 aromatic rings. The summed E-state index contributed by atoms with van der Waals surface area (Å²) >= 11 is 0. The molecule has 0 aliphatic carbocycles. The van der Waals surface area contributed by atoms with Crippen molar-refractivity contribution in [3.8, 4) is 0 Å². The molecule has 2 heteroatoms. The minimum Gasteiger partial charge on any atom is -0.147 e. The van der Waals surface area contributed by atoms with Crippen LogP contribution >= 0.6 is 12.4 Å². The fourth-order valence-electron chi connectivity index (χ4n) is 3.10. The average molecular weight is 349 g/mol. The predicted octanol–water partition coefficient (Wildman–Crippen LogP) is 8.16. The number of hydrogen-bond acceptors (Lipinski definition) is 0. The maximum atomic E-state index is 2.48. The van der Waals surface area contributed by atoms with Crippen molar-refractivity contribution in [1.82, 2.24) is 0 Å². The van der Waals surface area contributed by atoms with Crippen LogP contribution in [0.5, 0.6) is 0 Å². The van der Waals surface area contributed by atoms with Crippen molar-refractivity contribution in [2.24, 2.45) is 0 Å². The molecule has 0 aliphatic rings. The molecule has 136 valence electrons. The van der Waals surface area contributed by atoms with E-state index in [9.17, 15) is 0 Å². The van der Waals surface area contributed by atoms with E-state index in [0.29, 0.717) is 0 Å². The second kappa shape index (κ2) is 21.5. The second-order valence-corrected chi connectivity index (χ2v) is 10.9. The Labute approximate surface area is 150 Å². The van der Waals surface area contributed by atoms with Gasteiger partial charge in [0, 0.05) is 8.80 Å². The van der Waals surface area contributed by atoms with Crippen LogP contribution in [-0.4, -0.2) is 8.80 Å². The maximum Gasteiger partial charge on any atom is 0.0305 e. The van der Waals surface area contributed by atoms with Crippen molar-refractivity contribution in [3.05, 3.63) is 0 Å². The molecule has 0 radical (unpaired) electrons. The molecule has 0 aromatic carbocycles. The zero-order valence-corrected chi connectivity index (χ0v) is 18.0. The van der Waals surface area contributed by atoms with Gasteiger partial charge in [-0.3, -0.25) is 0 Å². The van der Waals surface area contributed by atoms with E-state index in [2.05, 4.69) is 20.0 Å². The third-order valence-electron chi connectivity index (χ3n) is 4.64. The normalized spacial score (nSPS) is 10.9. The molecule has 0 aliphatic heterocycles. The van der Waals surface area contributed by atoms with E-state index in [0.717, 1.165) is 0 Å². The summed E-state index contributed by atoms with van der Waals surface area (Å²) in [5, 5.41) is 0. The number of halogens is 1. The van der Waals surface area contributed by atoms with Gasteiger partial charge in [0.1, 0.15) is 0 Å². The molecule has 0 saturated heterocycles. The summed E-state index contributed by atoms with van der Waals surface area (Å²) in [6.45, 7) is 7.25. The highest BCUT2D eigenvalue weighted by molar-refractivity contribution is 6.55. The van der Waals surface area contributed by atoms with Crippen molar-refractivity contribution < 1.29 is 0 Å². The monoisotopic (exact) mass is 348 g/mol. The standard InChI is InChI=1S/C20H44Si.ClH/c1-4-5-6-7-8-9-10-11-12-13-14-15-16-17-18-19-20-21(2)3;/h21H,4-20H2,1-3H3;1H. The van der Waals surface area contributed by atoms with Crippen molar-refractivity contribution in [3.63, 3.8) is 0 Å². The number of unbranched alkanes of at least 4 members (excludes halogenated alkanes) is 15. The minimum atomic E-state index is -0.263. The molecule has 0 aromatic heterocycles. The van der Waals surface area contributed by atoms with Crippen molar-refractivity contribution in [1.29, 1.82) is 0 Å². The van der Waals surface area contributed by atoms with Crippen LogP contribution in [0, 0.1) is 0 Å². The first-order valence-corrected chi connectivity index (χ1v) is 13.4. The maximum absolute atomic E-state index is 2.48. The summed E-state index contributed by atoms with van der Waals surface area (Å²) in [5.41, 5.74) is 0. The Balaban J connectivity index is 0. The van der Waals surface area contributed by atoms with Crippen LogP contribution in [0.2, 0.25) is 19.1 Å². The quantitative estimate of drug-likeness (QED) is 0.184. The lowest BCUT2D eigenvalue weighted by atomic mass is 10.0. The summed E-state index contributed by atoms with van der Waals surface area (Å²) in [6, 6.07) is 1.57. The largest absolute Gasteiger partial charge is 0.147 e. The molecule has 0 spiro atoms. The molecule has 0 nitrogen and oxygen atoms in total. The Morgan fingerprint density at radius 3 is 1.00 bits per heavy atom. The van der Waals surface area contributed by atoms with Crippen LogP contribution in [0.15, 0.2) is 0 Å². The Kier molecular flexibility index (Phi) is 24.2. The van der Waals surface area contributed by atoms with Gasteiger partial charge >= 0.3 is 0 Å². The molecule has 0 fully saturated rings. The van der Waals surface area contributed by atoms with Gasteiger partial charge in [-0.1, -0.05) is 129 Å². The third-order valence-corrected chi connectivity index (χ3v) is 6.20. The molecule has 0 heterocycles. The summed E-state index contributed by atoms with van der Waals surface area (Å²) < 4.78 is 0. The molecular weight excluding hydrogens is 304 g/mol. The molecule has 0 atom stereocenters. The smallest absolute Gasteiger partial charge is 0.0305 e. The first-order chi connectivity index (χ1) is 10.3. The van der Waals surface area contributed by atoms with E-state index < -0.39 is 0 Å². The SMILES string of the molecule is CCCCCCCCCCCCCCCCCC[SiH](C)C.Cl. The van der Waals surface area contributed by atoms with Gasteiger partial charge in [-0.05, 0) is 0 Å². The van der Waals surface area contributed by atoms with E-state index >= 15 is 0 Å². The van der Waals surface area contributed by atoms with Gasteiger partial charge in [0.05, 0.1) is 0 Å². The predicted molar refractivity (Wildman–Crippen MR) is 110 cm³/mol.